The van der Waals surface area contributed by atoms with Crippen molar-refractivity contribution in [3.63, 3.8) is 0 Å². The highest BCUT2D eigenvalue weighted by atomic mass is 17.2. The topological polar surface area (TPSA) is 44.8 Å². The molecule has 0 radical (unpaired) electrons. The summed E-state index contributed by atoms with van der Waals surface area (Å²) in [5.74, 6) is -0.444. The number of hydrogen-bond donors (Lipinski definition) is 0. The Morgan fingerprint density at radius 3 is 2.91 bits per heavy atom. The highest BCUT2D eigenvalue weighted by molar-refractivity contribution is 6.47. The van der Waals surface area contributed by atoms with E-state index in [0.29, 0.717) is 18.5 Å². The number of hydrogen-bond acceptors (Lipinski definition) is 4. The van der Waals surface area contributed by atoms with Gasteiger partial charge in [0, 0.05) is 11.9 Å². The van der Waals surface area contributed by atoms with E-state index in [1.54, 1.807) is 6.92 Å². The molecule has 5 heteroatoms. The Morgan fingerprint density at radius 1 is 1.73 bits per heavy atom. The van der Waals surface area contributed by atoms with Gasteiger partial charge in [0.05, 0.1) is 6.61 Å². The molecule has 1 saturated heterocycles. The minimum Gasteiger partial charge on any atom is -0.505 e. The molecule has 0 aromatic carbocycles. The molecular formula is C6H9BO4. The van der Waals surface area contributed by atoms with E-state index in [-0.39, 0.29) is 0 Å². The fraction of sp³-hybridized carbons (Fsp3) is 0.500. The van der Waals surface area contributed by atoms with Crippen molar-refractivity contribution < 1.29 is 19.1 Å². The predicted molar refractivity (Wildman–Crippen MR) is 38.5 cm³/mol. The predicted octanol–water partition coefficient (Wildman–Crippen LogP) is 0.556. The molecule has 0 aromatic rings. The smallest absolute Gasteiger partial charge is 0.505 e. The summed E-state index contributed by atoms with van der Waals surface area (Å²) in [6, 6.07) is 0. The van der Waals surface area contributed by atoms with Gasteiger partial charge in [-0.25, -0.2) is 14.5 Å². The van der Waals surface area contributed by atoms with Gasteiger partial charge in [-0.2, -0.15) is 0 Å². The highest BCUT2D eigenvalue weighted by Crippen LogP contribution is 2.08. The van der Waals surface area contributed by atoms with Gasteiger partial charge >= 0.3 is 13.1 Å². The van der Waals surface area contributed by atoms with Crippen LogP contribution in [-0.4, -0.2) is 19.7 Å². The lowest BCUT2D eigenvalue weighted by Crippen LogP contribution is -2.21. The molecular weight excluding hydrogens is 147 g/mol. The normalized spacial score (nSPS) is 16.6. The average molecular weight is 156 g/mol. The highest BCUT2D eigenvalue weighted by Gasteiger charge is 2.29. The van der Waals surface area contributed by atoms with E-state index in [0.717, 1.165) is 0 Å². The van der Waals surface area contributed by atoms with Crippen LogP contribution >= 0.6 is 0 Å². The molecule has 0 saturated carbocycles. The molecule has 0 N–H and O–H groups in total. The SMILES string of the molecule is C=C(C)C(=O)OB1CCOO1. The monoisotopic (exact) mass is 156 g/mol. The van der Waals surface area contributed by atoms with Crippen molar-refractivity contribution in [2.75, 3.05) is 6.61 Å². The summed E-state index contributed by atoms with van der Waals surface area (Å²) in [5.41, 5.74) is 0.362. The van der Waals surface area contributed by atoms with Gasteiger partial charge in [-0.1, -0.05) is 6.58 Å². The second kappa shape index (κ2) is 3.55. The van der Waals surface area contributed by atoms with Crippen molar-refractivity contribution >= 4 is 13.1 Å². The van der Waals surface area contributed by atoms with Crippen LogP contribution in [0.2, 0.25) is 6.32 Å². The fourth-order valence-corrected chi connectivity index (χ4v) is 0.615. The third-order valence-corrected chi connectivity index (χ3v) is 1.20. The minimum atomic E-state index is -0.556. The van der Waals surface area contributed by atoms with E-state index >= 15 is 0 Å². The number of carbonyl (C=O) groups is 1. The van der Waals surface area contributed by atoms with Crippen LogP contribution < -0.4 is 0 Å². The van der Waals surface area contributed by atoms with Crippen LogP contribution in [-0.2, 0) is 19.1 Å². The van der Waals surface area contributed by atoms with E-state index in [1.807, 2.05) is 0 Å². The molecule has 11 heavy (non-hydrogen) atoms. The summed E-state index contributed by atoms with van der Waals surface area (Å²) < 4.78 is 4.79. The second-order valence-corrected chi connectivity index (χ2v) is 2.32. The molecule has 0 spiro atoms. The molecule has 0 atom stereocenters. The molecule has 1 aliphatic rings. The molecule has 0 unspecified atom stereocenters. The third-order valence-electron chi connectivity index (χ3n) is 1.20. The Morgan fingerprint density at radius 2 is 2.45 bits per heavy atom. The molecule has 1 aliphatic heterocycles. The van der Waals surface area contributed by atoms with Gasteiger partial charge in [0.1, 0.15) is 0 Å². The zero-order valence-corrected chi connectivity index (χ0v) is 6.33. The van der Waals surface area contributed by atoms with Crippen LogP contribution in [0.25, 0.3) is 0 Å². The van der Waals surface area contributed by atoms with Crippen molar-refractivity contribution in [3.05, 3.63) is 12.2 Å². The average Bonchev–Trinajstić information content (AvgIpc) is 2.39. The molecule has 0 amide bonds. The first-order chi connectivity index (χ1) is 5.20. The summed E-state index contributed by atoms with van der Waals surface area (Å²) in [6.45, 7) is 5.47. The van der Waals surface area contributed by atoms with Crippen molar-refractivity contribution in [2.24, 2.45) is 0 Å². The van der Waals surface area contributed by atoms with Crippen molar-refractivity contribution in [1.29, 1.82) is 0 Å². The van der Waals surface area contributed by atoms with Crippen molar-refractivity contribution in [3.8, 4) is 0 Å². The van der Waals surface area contributed by atoms with Gasteiger partial charge in [-0.3, -0.25) is 0 Å². The van der Waals surface area contributed by atoms with Crippen LogP contribution in [0.4, 0.5) is 0 Å². The molecule has 1 fully saturated rings. The summed E-state index contributed by atoms with van der Waals surface area (Å²) >= 11 is 0. The molecule has 4 nitrogen and oxygen atoms in total. The molecule has 1 heterocycles. The Bertz CT molecular complexity index is 173. The molecule has 0 aliphatic carbocycles. The summed E-state index contributed by atoms with van der Waals surface area (Å²) in [5, 5.41) is 0. The largest absolute Gasteiger partial charge is 0.559 e. The van der Waals surface area contributed by atoms with Crippen LogP contribution in [0, 0.1) is 0 Å². The standard InChI is InChI=1S/C6H9BO4/c1-5(2)6(8)10-7-3-4-9-11-7/h1,3-4H2,2H3. The maximum Gasteiger partial charge on any atom is 0.559 e. The maximum absolute atomic E-state index is 10.8. The van der Waals surface area contributed by atoms with E-state index in [9.17, 15) is 4.79 Å². The Kier molecular flexibility index (Phi) is 2.67. The van der Waals surface area contributed by atoms with E-state index in [1.165, 1.54) is 0 Å². The summed E-state index contributed by atoms with van der Waals surface area (Å²) in [7, 11) is -0.556. The van der Waals surface area contributed by atoms with Gasteiger partial charge in [0.2, 0.25) is 0 Å². The first-order valence-electron chi connectivity index (χ1n) is 3.35. The van der Waals surface area contributed by atoms with E-state index in [4.69, 9.17) is 4.65 Å². The maximum atomic E-state index is 10.8. The quantitative estimate of drug-likeness (QED) is 0.332. The van der Waals surface area contributed by atoms with Gasteiger partial charge in [0.25, 0.3) is 0 Å². The third kappa shape index (κ3) is 2.36. The minimum absolute atomic E-state index is 0.362. The van der Waals surface area contributed by atoms with Crippen molar-refractivity contribution in [2.45, 2.75) is 13.2 Å². The number of rotatable bonds is 2. The van der Waals surface area contributed by atoms with Crippen LogP contribution in [0.5, 0.6) is 0 Å². The molecule has 1 rings (SSSR count). The Balaban J connectivity index is 2.29. The Labute approximate surface area is 65.2 Å². The second-order valence-electron chi connectivity index (χ2n) is 2.32. The molecule has 0 bridgehead atoms. The summed E-state index contributed by atoms with van der Waals surface area (Å²) in [6.07, 6.45) is 0.582. The first kappa shape index (κ1) is 8.29. The lowest BCUT2D eigenvalue weighted by Gasteiger charge is -2.04. The molecule has 60 valence electrons. The van der Waals surface area contributed by atoms with Crippen LogP contribution in [0.3, 0.4) is 0 Å². The lowest BCUT2D eigenvalue weighted by molar-refractivity contribution is -0.196. The van der Waals surface area contributed by atoms with Gasteiger partial charge in [-0.15, -0.1) is 0 Å². The zero-order valence-electron chi connectivity index (χ0n) is 6.33. The summed E-state index contributed by atoms with van der Waals surface area (Å²) in [4.78, 5) is 20.0. The fourth-order valence-electron chi connectivity index (χ4n) is 0.615. The van der Waals surface area contributed by atoms with E-state index in [2.05, 4.69) is 16.3 Å². The zero-order chi connectivity index (χ0) is 8.27. The van der Waals surface area contributed by atoms with Gasteiger partial charge < -0.3 is 4.65 Å². The van der Waals surface area contributed by atoms with Crippen LogP contribution in [0.15, 0.2) is 12.2 Å². The van der Waals surface area contributed by atoms with Crippen molar-refractivity contribution in [1.82, 2.24) is 0 Å². The van der Waals surface area contributed by atoms with Gasteiger partial charge in [-0.05, 0) is 6.92 Å². The lowest BCUT2D eigenvalue weighted by atomic mass is 9.87. The van der Waals surface area contributed by atoms with E-state index < -0.39 is 13.1 Å². The number of carbonyl (C=O) groups excluding carboxylic acids is 1. The molecule has 0 aromatic heterocycles. The first-order valence-corrected chi connectivity index (χ1v) is 3.35. The van der Waals surface area contributed by atoms with Crippen LogP contribution in [0.1, 0.15) is 6.92 Å². The van der Waals surface area contributed by atoms with Gasteiger partial charge in [0.15, 0.2) is 0 Å². The Hall–Kier alpha value is -0.805.